The van der Waals surface area contributed by atoms with Gasteiger partial charge in [0.2, 0.25) is 5.75 Å². The average Bonchev–Trinajstić information content (AvgIpc) is 2.70. The summed E-state index contributed by atoms with van der Waals surface area (Å²) < 4.78 is 82.7. The third-order valence-corrected chi connectivity index (χ3v) is 6.07. The molecule has 0 aliphatic heterocycles. The molecule has 0 atom stereocenters. The number of aryl methyl sites for hydroxylation is 1. The number of hydrogen-bond donors (Lipinski definition) is 0. The molecule has 0 radical (unpaired) electrons. The Bertz CT molecular complexity index is 861. The van der Waals surface area contributed by atoms with Crippen molar-refractivity contribution in [3.63, 3.8) is 0 Å². The van der Waals surface area contributed by atoms with Crippen LogP contribution in [0, 0.1) is 29.3 Å². The molecule has 3 rings (SSSR count). The van der Waals surface area contributed by atoms with Gasteiger partial charge < -0.3 is 4.74 Å². The highest BCUT2D eigenvalue weighted by atomic mass is 19.4. The minimum Gasteiger partial charge on any atom is -0.399 e. The molecule has 0 bridgehead atoms. The summed E-state index contributed by atoms with van der Waals surface area (Å²) in [4.78, 5) is 0. The summed E-state index contributed by atoms with van der Waals surface area (Å²) >= 11 is 0. The van der Waals surface area contributed by atoms with Crippen molar-refractivity contribution >= 4 is 0 Å². The maximum Gasteiger partial charge on any atom is 0.573 e. The SMILES string of the molecule is CCCC1CCC(CCc2ccc(-c3cc(F)c(OC(F)(F)F)c(F)c3)c(F)c2)CC1. The van der Waals surface area contributed by atoms with E-state index in [0.717, 1.165) is 17.9 Å². The largest absolute Gasteiger partial charge is 0.573 e. The molecule has 0 heterocycles. The van der Waals surface area contributed by atoms with Crippen LogP contribution in [0.2, 0.25) is 0 Å². The molecule has 0 amide bonds. The zero-order valence-electron chi connectivity index (χ0n) is 17.4. The van der Waals surface area contributed by atoms with Crippen molar-refractivity contribution in [1.29, 1.82) is 0 Å². The van der Waals surface area contributed by atoms with E-state index in [2.05, 4.69) is 11.7 Å². The van der Waals surface area contributed by atoms with Gasteiger partial charge in [-0.3, -0.25) is 0 Å². The Hall–Kier alpha value is -2.18. The number of hydrogen-bond acceptors (Lipinski definition) is 1. The Morgan fingerprint density at radius 2 is 1.42 bits per heavy atom. The summed E-state index contributed by atoms with van der Waals surface area (Å²) in [5.74, 6) is -3.87. The smallest absolute Gasteiger partial charge is 0.399 e. The van der Waals surface area contributed by atoms with Gasteiger partial charge >= 0.3 is 6.36 Å². The van der Waals surface area contributed by atoms with Crippen molar-refractivity contribution in [1.82, 2.24) is 0 Å². The fourth-order valence-corrected chi connectivity index (χ4v) is 4.46. The second-order valence-corrected chi connectivity index (χ2v) is 8.35. The van der Waals surface area contributed by atoms with E-state index in [1.807, 2.05) is 0 Å². The Kier molecular flexibility index (Phi) is 7.55. The molecule has 1 aliphatic rings. The fraction of sp³-hybridized carbons (Fsp3) is 0.500. The zero-order valence-corrected chi connectivity index (χ0v) is 17.4. The zero-order chi connectivity index (χ0) is 22.6. The van der Waals surface area contributed by atoms with Crippen molar-refractivity contribution < 1.29 is 31.1 Å². The minimum absolute atomic E-state index is 0.0832. The first-order valence-electron chi connectivity index (χ1n) is 10.7. The highest BCUT2D eigenvalue weighted by Crippen LogP contribution is 2.35. The van der Waals surface area contributed by atoms with Gasteiger partial charge in [0, 0.05) is 5.56 Å². The van der Waals surface area contributed by atoms with Gasteiger partial charge in [0.1, 0.15) is 5.82 Å². The quantitative estimate of drug-likeness (QED) is 0.391. The third-order valence-electron chi connectivity index (χ3n) is 6.07. The van der Waals surface area contributed by atoms with Crippen LogP contribution in [0.25, 0.3) is 11.1 Å². The van der Waals surface area contributed by atoms with Crippen LogP contribution in [-0.2, 0) is 6.42 Å². The average molecular weight is 444 g/mol. The molecule has 7 heteroatoms. The summed E-state index contributed by atoms with van der Waals surface area (Å²) in [6, 6.07) is 5.69. The van der Waals surface area contributed by atoms with E-state index in [-0.39, 0.29) is 11.1 Å². The van der Waals surface area contributed by atoms with Crippen LogP contribution in [0.3, 0.4) is 0 Å². The van der Waals surface area contributed by atoms with Crippen molar-refractivity contribution in [2.24, 2.45) is 11.8 Å². The van der Waals surface area contributed by atoms with E-state index in [1.165, 1.54) is 50.7 Å². The first-order valence-corrected chi connectivity index (χ1v) is 10.7. The topological polar surface area (TPSA) is 9.23 Å². The highest BCUT2D eigenvalue weighted by Gasteiger charge is 2.34. The molecule has 0 spiro atoms. The number of ether oxygens (including phenoxy) is 1. The molecule has 2 aromatic carbocycles. The monoisotopic (exact) mass is 444 g/mol. The Morgan fingerprint density at radius 3 is 1.94 bits per heavy atom. The van der Waals surface area contributed by atoms with Crippen LogP contribution in [0.15, 0.2) is 30.3 Å². The first kappa shape index (κ1) is 23.5. The van der Waals surface area contributed by atoms with Gasteiger partial charge in [-0.1, -0.05) is 57.6 Å². The van der Waals surface area contributed by atoms with Crippen molar-refractivity contribution in [3.8, 4) is 16.9 Å². The van der Waals surface area contributed by atoms with Crippen molar-refractivity contribution in [3.05, 3.63) is 53.3 Å². The van der Waals surface area contributed by atoms with Crippen LogP contribution < -0.4 is 4.74 Å². The molecule has 1 nitrogen and oxygen atoms in total. The molecule has 0 unspecified atom stereocenters. The number of rotatable bonds is 7. The first-order chi connectivity index (χ1) is 14.7. The van der Waals surface area contributed by atoms with E-state index in [1.54, 1.807) is 6.07 Å². The van der Waals surface area contributed by atoms with Gasteiger partial charge in [-0.05, 0) is 54.0 Å². The van der Waals surface area contributed by atoms with Gasteiger partial charge in [-0.25, -0.2) is 13.2 Å². The van der Waals surface area contributed by atoms with E-state index in [0.29, 0.717) is 24.5 Å². The standard InChI is InChI=1S/C24H26F6O/c1-2-3-15-4-6-16(7-5-15)8-9-17-10-11-19(20(25)12-17)18-13-21(26)23(22(27)14-18)31-24(28,29)30/h10-16H,2-9H2,1H3. The van der Waals surface area contributed by atoms with Crippen LogP contribution >= 0.6 is 0 Å². The molecule has 170 valence electrons. The molecule has 31 heavy (non-hydrogen) atoms. The van der Waals surface area contributed by atoms with Crippen LogP contribution in [0.5, 0.6) is 5.75 Å². The molecule has 1 fully saturated rings. The van der Waals surface area contributed by atoms with E-state index >= 15 is 0 Å². The molecule has 2 aromatic rings. The lowest BCUT2D eigenvalue weighted by Crippen LogP contribution is -2.19. The summed E-state index contributed by atoms with van der Waals surface area (Å²) in [5.41, 5.74) is 0.512. The lowest BCUT2D eigenvalue weighted by atomic mass is 9.78. The van der Waals surface area contributed by atoms with Crippen molar-refractivity contribution in [2.75, 3.05) is 0 Å². The lowest BCUT2D eigenvalue weighted by molar-refractivity contribution is -0.276. The Balaban J connectivity index is 1.66. The maximum absolute atomic E-state index is 14.6. The maximum atomic E-state index is 14.6. The number of benzene rings is 2. The van der Waals surface area contributed by atoms with E-state index < -0.39 is 29.6 Å². The summed E-state index contributed by atoms with van der Waals surface area (Å²) in [5, 5.41) is 0. The number of alkyl halides is 3. The van der Waals surface area contributed by atoms with Crippen molar-refractivity contribution in [2.45, 2.75) is 64.7 Å². The van der Waals surface area contributed by atoms with Gasteiger partial charge in [-0.15, -0.1) is 13.2 Å². The predicted octanol–water partition coefficient (Wildman–Crippen LogP) is 8.21. The lowest BCUT2D eigenvalue weighted by Gasteiger charge is -2.28. The molecule has 0 N–H and O–H groups in total. The Labute approximate surface area is 178 Å². The van der Waals surface area contributed by atoms with Gasteiger partial charge in [-0.2, -0.15) is 0 Å². The minimum atomic E-state index is -5.23. The molecule has 0 aromatic heterocycles. The van der Waals surface area contributed by atoms with Crippen LogP contribution in [-0.4, -0.2) is 6.36 Å². The molecular formula is C24H26F6O. The van der Waals surface area contributed by atoms with E-state index in [4.69, 9.17) is 0 Å². The molecule has 1 saturated carbocycles. The van der Waals surface area contributed by atoms with E-state index in [9.17, 15) is 26.3 Å². The van der Waals surface area contributed by atoms with Gasteiger partial charge in [0.15, 0.2) is 11.6 Å². The second-order valence-electron chi connectivity index (χ2n) is 8.35. The molecule has 0 saturated heterocycles. The summed E-state index contributed by atoms with van der Waals surface area (Å²) in [6.07, 6.45) is 3.81. The fourth-order valence-electron chi connectivity index (χ4n) is 4.46. The Morgan fingerprint density at radius 1 is 0.839 bits per heavy atom. The normalized spacial score (nSPS) is 19.5. The summed E-state index contributed by atoms with van der Waals surface area (Å²) in [6.45, 7) is 2.21. The van der Waals surface area contributed by atoms with Gasteiger partial charge in [0.25, 0.3) is 0 Å². The highest BCUT2D eigenvalue weighted by molar-refractivity contribution is 5.65. The second kappa shape index (κ2) is 9.96. The van der Waals surface area contributed by atoms with Crippen LogP contribution in [0.4, 0.5) is 26.3 Å². The van der Waals surface area contributed by atoms with Crippen LogP contribution in [0.1, 0.15) is 57.4 Å². The molecular weight excluding hydrogens is 418 g/mol. The third kappa shape index (κ3) is 6.40. The summed E-state index contributed by atoms with van der Waals surface area (Å²) in [7, 11) is 0. The predicted molar refractivity (Wildman–Crippen MR) is 107 cm³/mol. The van der Waals surface area contributed by atoms with Gasteiger partial charge in [0.05, 0.1) is 0 Å². The molecule has 1 aliphatic carbocycles. The number of halogens is 6.